The summed E-state index contributed by atoms with van der Waals surface area (Å²) < 4.78 is 5.13. The molecule has 1 atom stereocenters. The van der Waals surface area contributed by atoms with E-state index in [1.54, 1.807) is 30.3 Å². The largest absolute Gasteiger partial charge is 0.455 e. The monoisotopic (exact) mass is 385 g/mol. The summed E-state index contributed by atoms with van der Waals surface area (Å²) in [5.74, 6) is -1.19. The van der Waals surface area contributed by atoms with E-state index in [1.807, 2.05) is 54.6 Å². The maximum Gasteiger partial charge on any atom is 0.340 e. The molecule has 29 heavy (non-hydrogen) atoms. The van der Waals surface area contributed by atoms with Gasteiger partial charge in [-0.15, -0.1) is 0 Å². The third-order valence-electron chi connectivity index (χ3n) is 4.73. The Balaban J connectivity index is 1.59. The van der Waals surface area contributed by atoms with Gasteiger partial charge in [-0.2, -0.15) is 0 Å². The number of Topliss-reactive ketones (excluding diaryl/α,β-unsaturated/α-hetero) is 1. The highest BCUT2D eigenvalue weighted by Crippen LogP contribution is 2.30. The molecule has 0 amide bonds. The average Bonchev–Trinajstić information content (AvgIpc) is 3.17. The lowest BCUT2D eigenvalue weighted by Crippen LogP contribution is -2.20. The Bertz CT molecular complexity index is 1150. The molecular weight excluding hydrogens is 366 g/mol. The lowest BCUT2D eigenvalue weighted by atomic mass is 10.0. The molecule has 0 bridgehead atoms. The lowest BCUT2D eigenvalue weighted by Gasteiger charge is -2.11. The van der Waals surface area contributed by atoms with Crippen LogP contribution in [0.5, 0.6) is 0 Å². The first kappa shape index (κ1) is 18.7. The molecule has 5 heteroatoms. The van der Waals surface area contributed by atoms with Crippen LogP contribution in [0.2, 0.25) is 0 Å². The summed E-state index contributed by atoms with van der Waals surface area (Å²) in [6.07, 6.45) is -1.43. The van der Waals surface area contributed by atoms with Gasteiger partial charge in [-0.25, -0.2) is 4.79 Å². The van der Waals surface area contributed by atoms with Gasteiger partial charge in [0, 0.05) is 10.9 Å². The number of aromatic amines is 1. The van der Waals surface area contributed by atoms with Gasteiger partial charge in [0.25, 0.3) is 0 Å². The van der Waals surface area contributed by atoms with Gasteiger partial charge in [0.05, 0.1) is 11.3 Å². The second kappa shape index (κ2) is 8.12. The molecule has 1 heterocycles. The maximum absolute atomic E-state index is 13.0. The van der Waals surface area contributed by atoms with Crippen molar-refractivity contribution in [3.05, 3.63) is 96.1 Å². The fourth-order valence-corrected chi connectivity index (χ4v) is 3.31. The van der Waals surface area contributed by atoms with Crippen LogP contribution in [0.25, 0.3) is 22.2 Å². The molecule has 4 rings (SSSR count). The minimum absolute atomic E-state index is 0.338. The fraction of sp³-hybridized carbons (Fsp3) is 0.0833. The summed E-state index contributed by atoms with van der Waals surface area (Å²) in [6, 6.07) is 25.5. The Labute approximate surface area is 167 Å². The van der Waals surface area contributed by atoms with Crippen molar-refractivity contribution in [1.29, 1.82) is 0 Å². The Kier molecular flexibility index (Phi) is 5.22. The van der Waals surface area contributed by atoms with E-state index in [2.05, 4.69) is 4.98 Å². The Morgan fingerprint density at radius 2 is 1.48 bits per heavy atom. The number of hydrogen-bond donors (Lipinski definition) is 2. The first-order chi connectivity index (χ1) is 14.1. The molecule has 144 valence electrons. The maximum atomic E-state index is 13.0. The van der Waals surface area contributed by atoms with E-state index in [9.17, 15) is 14.7 Å². The molecule has 0 saturated heterocycles. The first-order valence-corrected chi connectivity index (χ1v) is 9.24. The van der Waals surface area contributed by atoms with E-state index in [-0.39, 0.29) is 5.78 Å². The standard InChI is InChI=1S/C24H19NO4/c26-20(15-29-24(28)23(27)17-11-5-2-6-12-17)21-18-13-7-8-14-19(18)25-22(21)16-9-3-1-4-10-16/h1-14,23,25,27H,15H2/t23-/m0/s1. The van der Waals surface area contributed by atoms with Crippen LogP contribution in [0.3, 0.4) is 0 Å². The highest BCUT2D eigenvalue weighted by atomic mass is 16.5. The highest BCUT2D eigenvalue weighted by Gasteiger charge is 2.23. The van der Waals surface area contributed by atoms with Crippen molar-refractivity contribution in [1.82, 2.24) is 4.98 Å². The number of para-hydroxylation sites is 1. The number of nitrogens with one attached hydrogen (secondary N) is 1. The van der Waals surface area contributed by atoms with Crippen LogP contribution >= 0.6 is 0 Å². The second-order valence-corrected chi connectivity index (χ2v) is 6.63. The van der Waals surface area contributed by atoms with Gasteiger partial charge in [0.1, 0.15) is 0 Å². The second-order valence-electron chi connectivity index (χ2n) is 6.63. The molecule has 0 fully saturated rings. The third kappa shape index (κ3) is 3.81. The number of carbonyl (C=O) groups is 2. The average molecular weight is 385 g/mol. The lowest BCUT2D eigenvalue weighted by molar-refractivity contribution is -0.152. The van der Waals surface area contributed by atoms with Crippen LogP contribution in [0.4, 0.5) is 0 Å². The number of ether oxygens (including phenoxy) is 1. The predicted octanol–water partition coefficient (Wildman–Crippen LogP) is 4.29. The quantitative estimate of drug-likeness (QED) is 0.383. The summed E-state index contributed by atoms with van der Waals surface area (Å²) >= 11 is 0. The van der Waals surface area contributed by atoms with E-state index >= 15 is 0 Å². The zero-order valence-corrected chi connectivity index (χ0v) is 15.5. The molecule has 0 spiro atoms. The summed E-state index contributed by atoms with van der Waals surface area (Å²) in [7, 11) is 0. The highest BCUT2D eigenvalue weighted by molar-refractivity contribution is 6.14. The van der Waals surface area contributed by atoms with Gasteiger partial charge in [-0.1, -0.05) is 78.9 Å². The molecule has 2 N–H and O–H groups in total. The number of ketones is 1. The summed E-state index contributed by atoms with van der Waals surface area (Å²) in [4.78, 5) is 28.5. The normalized spacial score (nSPS) is 11.9. The third-order valence-corrected chi connectivity index (χ3v) is 4.73. The number of aromatic nitrogens is 1. The number of rotatable bonds is 6. The summed E-state index contributed by atoms with van der Waals surface area (Å²) in [6.45, 7) is -0.454. The van der Waals surface area contributed by atoms with Crippen LogP contribution in [0, 0.1) is 0 Å². The van der Waals surface area contributed by atoms with Crippen molar-refractivity contribution in [3.63, 3.8) is 0 Å². The van der Waals surface area contributed by atoms with Gasteiger partial charge in [-0.3, -0.25) is 4.79 Å². The number of aliphatic hydroxyl groups is 1. The molecular formula is C24H19NO4. The molecule has 0 aliphatic heterocycles. The van der Waals surface area contributed by atoms with Gasteiger partial charge < -0.3 is 14.8 Å². The number of esters is 1. The number of H-pyrrole nitrogens is 1. The van der Waals surface area contributed by atoms with Crippen LogP contribution in [-0.2, 0) is 9.53 Å². The van der Waals surface area contributed by atoms with Crippen molar-refractivity contribution < 1.29 is 19.4 Å². The summed E-state index contributed by atoms with van der Waals surface area (Å²) in [5.41, 5.74) is 3.25. The minimum Gasteiger partial charge on any atom is -0.455 e. The molecule has 0 aliphatic rings. The van der Waals surface area contributed by atoms with E-state index < -0.39 is 18.7 Å². The van der Waals surface area contributed by atoms with Crippen molar-refractivity contribution in [2.75, 3.05) is 6.61 Å². The number of carbonyl (C=O) groups excluding carboxylic acids is 2. The Morgan fingerprint density at radius 3 is 2.21 bits per heavy atom. The van der Waals surface area contributed by atoms with Crippen LogP contribution in [-0.4, -0.2) is 28.4 Å². The SMILES string of the molecule is O=C(COC(=O)[C@@H](O)c1ccccc1)c1c(-c2ccccc2)[nH]c2ccccc12. The van der Waals surface area contributed by atoms with Crippen LogP contribution in [0.1, 0.15) is 22.0 Å². The van der Waals surface area contributed by atoms with Crippen LogP contribution in [0.15, 0.2) is 84.9 Å². The van der Waals surface area contributed by atoms with Gasteiger partial charge in [0.2, 0.25) is 5.78 Å². The Hall–Kier alpha value is -3.70. The van der Waals surface area contributed by atoms with Gasteiger partial charge in [-0.05, 0) is 17.2 Å². The molecule has 1 aromatic heterocycles. The number of fused-ring (bicyclic) bond motifs is 1. The van der Waals surface area contributed by atoms with Crippen molar-refractivity contribution in [2.45, 2.75) is 6.10 Å². The van der Waals surface area contributed by atoms with E-state index in [1.165, 1.54) is 0 Å². The molecule has 0 saturated carbocycles. The summed E-state index contributed by atoms with van der Waals surface area (Å²) in [5, 5.41) is 10.9. The number of benzene rings is 3. The zero-order valence-electron chi connectivity index (χ0n) is 15.5. The molecule has 0 aliphatic carbocycles. The van der Waals surface area contributed by atoms with Crippen LogP contribution < -0.4 is 0 Å². The van der Waals surface area contributed by atoms with Crippen molar-refractivity contribution in [3.8, 4) is 11.3 Å². The molecule has 0 radical (unpaired) electrons. The predicted molar refractivity (Wildman–Crippen MR) is 110 cm³/mol. The molecule has 0 unspecified atom stereocenters. The molecule has 4 aromatic rings. The van der Waals surface area contributed by atoms with Crippen molar-refractivity contribution >= 4 is 22.7 Å². The Morgan fingerprint density at radius 1 is 0.862 bits per heavy atom. The number of hydrogen-bond acceptors (Lipinski definition) is 4. The van der Waals surface area contributed by atoms with Gasteiger partial charge in [0.15, 0.2) is 12.7 Å². The minimum atomic E-state index is -1.43. The smallest absolute Gasteiger partial charge is 0.340 e. The van der Waals surface area contributed by atoms with Crippen molar-refractivity contribution in [2.24, 2.45) is 0 Å². The van der Waals surface area contributed by atoms with E-state index in [4.69, 9.17) is 4.74 Å². The molecule has 5 nitrogen and oxygen atoms in total. The van der Waals surface area contributed by atoms with E-state index in [0.717, 1.165) is 16.5 Å². The first-order valence-electron chi connectivity index (χ1n) is 9.24. The van der Waals surface area contributed by atoms with E-state index in [0.29, 0.717) is 16.8 Å². The zero-order chi connectivity index (χ0) is 20.2. The molecule has 3 aromatic carbocycles. The topological polar surface area (TPSA) is 79.4 Å². The number of aliphatic hydroxyl groups excluding tert-OH is 1. The van der Waals surface area contributed by atoms with Gasteiger partial charge >= 0.3 is 5.97 Å². The fourth-order valence-electron chi connectivity index (χ4n) is 3.31.